The topological polar surface area (TPSA) is 60.5 Å². The van der Waals surface area contributed by atoms with Crippen LogP contribution in [0.25, 0.3) is 11.3 Å². The van der Waals surface area contributed by atoms with E-state index in [2.05, 4.69) is 10.3 Å². The summed E-state index contributed by atoms with van der Waals surface area (Å²) in [6.45, 7) is 2.41. The lowest BCUT2D eigenvalue weighted by molar-refractivity contribution is 0.102. The first-order valence-corrected chi connectivity index (χ1v) is 9.20. The lowest BCUT2D eigenvalue weighted by Crippen LogP contribution is -2.12. The van der Waals surface area contributed by atoms with E-state index in [1.807, 2.05) is 24.4 Å². The predicted octanol–water partition coefficient (Wildman–Crippen LogP) is 5.12. The molecule has 0 aliphatic rings. The fourth-order valence-electron chi connectivity index (χ4n) is 2.34. The molecule has 7 heteroatoms. The molecule has 26 heavy (non-hydrogen) atoms. The molecule has 1 N–H and O–H groups in total. The van der Waals surface area contributed by atoms with Crippen LogP contribution in [0.3, 0.4) is 0 Å². The largest absolute Gasteiger partial charge is 0.493 e. The molecule has 3 rings (SSSR count). The Hall–Kier alpha value is -2.57. The highest BCUT2D eigenvalue weighted by Gasteiger charge is 2.13. The molecule has 0 fully saturated rings. The number of thiazole rings is 1. The van der Waals surface area contributed by atoms with Crippen molar-refractivity contribution < 1.29 is 14.3 Å². The fourth-order valence-corrected chi connectivity index (χ4v) is 3.18. The van der Waals surface area contributed by atoms with Crippen molar-refractivity contribution in [2.75, 3.05) is 19.0 Å². The van der Waals surface area contributed by atoms with Crippen molar-refractivity contribution >= 4 is 34.0 Å². The number of rotatable bonds is 6. The summed E-state index contributed by atoms with van der Waals surface area (Å²) in [6, 6.07) is 12.4. The van der Waals surface area contributed by atoms with Gasteiger partial charge in [-0.25, -0.2) is 4.98 Å². The van der Waals surface area contributed by atoms with Crippen molar-refractivity contribution in [1.29, 1.82) is 0 Å². The van der Waals surface area contributed by atoms with E-state index in [4.69, 9.17) is 21.1 Å². The molecule has 0 atom stereocenters. The van der Waals surface area contributed by atoms with Crippen molar-refractivity contribution in [3.05, 3.63) is 58.4 Å². The van der Waals surface area contributed by atoms with Gasteiger partial charge in [0.1, 0.15) is 0 Å². The Morgan fingerprint density at radius 1 is 1.19 bits per heavy atom. The van der Waals surface area contributed by atoms with Crippen LogP contribution in [-0.4, -0.2) is 24.6 Å². The third-order valence-corrected chi connectivity index (χ3v) is 4.60. The Balaban J connectivity index is 1.75. The van der Waals surface area contributed by atoms with Crippen LogP contribution in [0.5, 0.6) is 11.5 Å². The van der Waals surface area contributed by atoms with Crippen LogP contribution in [0.15, 0.2) is 47.8 Å². The summed E-state index contributed by atoms with van der Waals surface area (Å²) in [4.78, 5) is 16.9. The van der Waals surface area contributed by atoms with E-state index in [0.29, 0.717) is 33.8 Å². The van der Waals surface area contributed by atoms with Crippen molar-refractivity contribution in [2.45, 2.75) is 6.92 Å². The molecule has 3 aromatic rings. The highest BCUT2D eigenvalue weighted by Crippen LogP contribution is 2.29. The van der Waals surface area contributed by atoms with Gasteiger partial charge >= 0.3 is 0 Å². The lowest BCUT2D eigenvalue weighted by atomic mass is 10.2. The van der Waals surface area contributed by atoms with Crippen LogP contribution >= 0.6 is 22.9 Å². The van der Waals surface area contributed by atoms with E-state index < -0.39 is 0 Å². The van der Waals surface area contributed by atoms with E-state index in [0.717, 1.165) is 11.3 Å². The molecule has 0 spiro atoms. The Bertz CT molecular complexity index is 909. The minimum atomic E-state index is -0.261. The molecular weight excluding hydrogens is 372 g/mol. The van der Waals surface area contributed by atoms with Crippen molar-refractivity contribution in [2.24, 2.45) is 0 Å². The summed E-state index contributed by atoms with van der Waals surface area (Å²) in [7, 11) is 1.54. The summed E-state index contributed by atoms with van der Waals surface area (Å²) in [5, 5.41) is 5.88. The van der Waals surface area contributed by atoms with Crippen LogP contribution < -0.4 is 14.8 Å². The van der Waals surface area contributed by atoms with Gasteiger partial charge in [0.25, 0.3) is 5.91 Å². The second-order valence-electron chi connectivity index (χ2n) is 5.30. The number of hydrogen-bond acceptors (Lipinski definition) is 5. The number of amides is 1. The molecule has 134 valence electrons. The molecule has 1 heterocycles. The van der Waals surface area contributed by atoms with Crippen LogP contribution in [0, 0.1) is 0 Å². The Morgan fingerprint density at radius 2 is 1.96 bits per heavy atom. The molecule has 0 aliphatic carbocycles. The van der Waals surface area contributed by atoms with Gasteiger partial charge in [-0.15, -0.1) is 11.3 Å². The number of carbonyl (C=O) groups excluding carboxylic acids is 1. The van der Waals surface area contributed by atoms with Gasteiger partial charge in [-0.05, 0) is 37.3 Å². The molecule has 0 saturated heterocycles. The quantitative estimate of drug-likeness (QED) is 0.636. The van der Waals surface area contributed by atoms with Gasteiger partial charge < -0.3 is 9.47 Å². The van der Waals surface area contributed by atoms with Crippen LogP contribution in [0.4, 0.5) is 5.13 Å². The maximum absolute atomic E-state index is 12.5. The average molecular weight is 389 g/mol. The molecule has 0 unspecified atom stereocenters. The van der Waals surface area contributed by atoms with E-state index >= 15 is 0 Å². The Labute approximate surface area is 160 Å². The molecule has 1 aromatic heterocycles. The molecule has 1 amide bonds. The highest BCUT2D eigenvalue weighted by atomic mass is 35.5. The number of anilines is 1. The van der Waals surface area contributed by atoms with Gasteiger partial charge in [0.05, 0.1) is 19.4 Å². The normalized spacial score (nSPS) is 10.4. The van der Waals surface area contributed by atoms with Gasteiger partial charge in [-0.3, -0.25) is 10.1 Å². The standard InChI is InChI=1S/C19H17ClN2O3S/c1-3-25-16-9-6-13(10-17(16)24-2)18(23)22-19-21-15(11-26-19)12-4-7-14(20)8-5-12/h4-11H,3H2,1-2H3,(H,21,22,23). The Morgan fingerprint density at radius 3 is 2.65 bits per heavy atom. The SMILES string of the molecule is CCOc1ccc(C(=O)Nc2nc(-c3ccc(Cl)cc3)cs2)cc1OC. The number of methoxy groups -OCH3 is 1. The van der Waals surface area contributed by atoms with E-state index in [9.17, 15) is 4.79 Å². The summed E-state index contributed by atoms with van der Waals surface area (Å²) in [5.74, 6) is 0.856. The number of nitrogens with one attached hydrogen (secondary N) is 1. The summed E-state index contributed by atoms with van der Waals surface area (Å²) < 4.78 is 10.7. The average Bonchev–Trinajstić information content (AvgIpc) is 3.11. The predicted molar refractivity (Wildman–Crippen MR) is 105 cm³/mol. The molecule has 2 aromatic carbocycles. The smallest absolute Gasteiger partial charge is 0.257 e. The maximum Gasteiger partial charge on any atom is 0.257 e. The lowest BCUT2D eigenvalue weighted by Gasteiger charge is -2.10. The number of benzene rings is 2. The summed E-state index contributed by atoms with van der Waals surface area (Å²) in [5.41, 5.74) is 2.19. The first kappa shape index (κ1) is 18.2. The van der Waals surface area contributed by atoms with Gasteiger partial charge in [-0.1, -0.05) is 23.7 Å². The zero-order chi connectivity index (χ0) is 18.5. The Kier molecular flexibility index (Phi) is 5.75. The number of hydrogen-bond donors (Lipinski definition) is 1. The molecule has 0 aliphatic heterocycles. The number of nitrogens with zero attached hydrogens (tertiary/aromatic N) is 1. The summed E-state index contributed by atoms with van der Waals surface area (Å²) >= 11 is 7.26. The summed E-state index contributed by atoms with van der Waals surface area (Å²) in [6.07, 6.45) is 0. The maximum atomic E-state index is 12.5. The minimum absolute atomic E-state index is 0.261. The first-order chi connectivity index (χ1) is 12.6. The van der Waals surface area contributed by atoms with Crippen LogP contribution in [0.2, 0.25) is 5.02 Å². The second-order valence-corrected chi connectivity index (χ2v) is 6.59. The molecule has 0 radical (unpaired) electrons. The molecular formula is C19H17ClN2O3S. The zero-order valence-electron chi connectivity index (χ0n) is 14.3. The zero-order valence-corrected chi connectivity index (χ0v) is 15.9. The first-order valence-electron chi connectivity index (χ1n) is 7.94. The van der Waals surface area contributed by atoms with E-state index in [1.54, 1.807) is 37.4 Å². The van der Waals surface area contributed by atoms with Crippen molar-refractivity contribution in [3.63, 3.8) is 0 Å². The number of halogens is 1. The third kappa shape index (κ3) is 4.15. The monoisotopic (exact) mass is 388 g/mol. The third-order valence-electron chi connectivity index (χ3n) is 3.59. The van der Waals surface area contributed by atoms with E-state index in [1.165, 1.54) is 11.3 Å². The van der Waals surface area contributed by atoms with Gasteiger partial charge in [0, 0.05) is 21.5 Å². The van der Waals surface area contributed by atoms with Crippen LogP contribution in [-0.2, 0) is 0 Å². The highest BCUT2D eigenvalue weighted by molar-refractivity contribution is 7.14. The van der Waals surface area contributed by atoms with E-state index in [-0.39, 0.29) is 5.91 Å². The molecule has 0 bridgehead atoms. The van der Waals surface area contributed by atoms with Crippen molar-refractivity contribution in [3.8, 4) is 22.8 Å². The number of ether oxygens (including phenoxy) is 2. The number of carbonyl (C=O) groups is 1. The number of aromatic nitrogens is 1. The van der Waals surface area contributed by atoms with Gasteiger partial charge in [0.15, 0.2) is 16.6 Å². The van der Waals surface area contributed by atoms with Gasteiger partial charge in [0.2, 0.25) is 0 Å². The molecule has 0 saturated carbocycles. The fraction of sp³-hybridized carbons (Fsp3) is 0.158. The molecule has 5 nitrogen and oxygen atoms in total. The second kappa shape index (κ2) is 8.21. The minimum Gasteiger partial charge on any atom is -0.493 e. The van der Waals surface area contributed by atoms with Crippen molar-refractivity contribution in [1.82, 2.24) is 4.98 Å². The van der Waals surface area contributed by atoms with Crippen LogP contribution in [0.1, 0.15) is 17.3 Å². The van der Waals surface area contributed by atoms with Gasteiger partial charge in [-0.2, -0.15) is 0 Å².